The van der Waals surface area contributed by atoms with Crippen molar-refractivity contribution in [2.75, 3.05) is 13.7 Å². The standard InChI is InChI=1S/C19H23N3O5/c1-11(20-8-18-21-17(10-24-4)22-27-18)9-25-14-5-6-15-12(2)13(3)19(23)26-16(15)7-14/h5-7,11,20H,8-10H2,1-4H3. The zero-order valence-electron chi connectivity index (χ0n) is 15.9. The summed E-state index contributed by atoms with van der Waals surface area (Å²) in [5.41, 5.74) is 1.76. The van der Waals surface area contributed by atoms with Gasteiger partial charge in [-0.1, -0.05) is 5.16 Å². The molecule has 27 heavy (non-hydrogen) atoms. The van der Waals surface area contributed by atoms with E-state index in [9.17, 15) is 4.79 Å². The molecule has 0 amide bonds. The quantitative estimate of drug-likeness (QED) is 0.601. The third-order valence-electron chi connectivity index (χ3n) is 4.31. The maximum atomic E-state index is 11.8. The molecule has 0 radical (unpaired) electrons. The van der Waals surface area contributed by atoms with Gasteiger partial charge in [0.05, 0.1) is 6.54 Å². The SMILES string of the molecule is COCc1noc(CNC(C)COc2ccc3c(C)c(C)c(=O)oc3c2)n1. The Morgan fingerprint density at radius 1 is 1.26 bits per heavy atom. The lowest BCUT2D eigenvalue weighted by molar-refractivity contribution is 0.174. The van der Waals surface area contributed by atoms with Crippen LogP contribution in [-0.4, -0.2) is 29.9 Å². The van der Waals surface area contributed by atoms with E-state index >= 15 is 0 Å². The zero-order chi connectivity index (χ0) is 19.4. The van der Waals surface area contributed by atoms with E-state index in [2.05, 4.69) is 15.5 Å². The van der Waals surface area contributed by atoms with Crippen LogP contribution in [-0.2, 0) is 17.9 Å². The zero-order valence-corrected chi connectivity index (χ0v) is 15.9. The van der Waals surface area contributed by atoms with Crippen molar-refractivity contribution in [3.63, 3.8) is 0 Å². The highest BCUT2D eigenvalue weighted by molar-refractivity contribution is 5.82. The minimum Gasteiger partial charge on any atom is -0.492 e. The van der Waals surface area contributed by atoms with Gasteiger partial charge >= 0.3 is 5.63 Å². The predicted molar refractivity (Wildman–Crippen MR) is 98.8 cm³/mol. The topological polar surface area (TPSA) is 99.6 Å². The van der Waals surface area contributed by atoms with Crippen LogP contribution in [0.3, 0.4) is 0 Å². The summed E-state index contributed by atoms with van der Waals surface area (Å²) in [6, 6.07) is 5.57. The van der Waals surface area contributed by atoms with Gasteiger partial charge in [-0.05, 0) is 38.5 Å². The molecule has 0 spiro atoms. The molecule has 1 atom stereocenters. The van der Waals surface area contributed by atoms with Gasteiger partial charge in [-0.2, -0.15) is 4.98 Å². The summed E-state index contributed by atoms with van der Waals surface area (Å²) in [5, 5.41) is 7.97. The molecule has 3 rings (SSSR count). The van der Waals surface area contributed by atoms with Crippen LogP contribution in [0.25, 0.3) is 11.0 Å². The smallest absolute Gasteiger partial charge is 0.339 e. The number of nitrogens with zero attached hydrogens (tertiary/aromatic N) is 2. The summed E-state index contributed by atoms with van der Waals surface area (Å²) in [4.78, 5) is 16.0. The fourth-order valence-electron chi connectivity index (χ4n) is 2.61. The van der Waals surface area contributed by atoms with Crippen LogP contribution in [0.15, 0.2) is 31.9 Å². The van der Waals surface area contributed by atoms with E-state index in [4.69, 9.17) is 18.4 Å². The van der Waals surface area contributed by atoms with E-state index in [1.54, 1.807) is 20.1 Å². The third-order valence-corrected chi connectivity index (χ3v) is 4.31. The van der Waals surface area contributed by atoms with Crippen LogP contribution in [0.5, 0.6) is 5.75 Å². The second-order valence-electron chi connectivity index (χ2n) is 6.43. The molecule has 144 valence electrons. The number of fused-ring (bicyclic) bond motifs is 1. The van der Waals surface area contributed by atoms with Crippen molar-refractivity contribution in [1.29, 1.82) is 0 Å². The normalized spacial score (nSPS) is 12.4. The molecule has 0 saturated heterocycles. The first-order valence-electron chi connectivity index (χ1n) is 8.68. The number of aromatic nitrogens is 2. The van der Waals surface area contributed by atoms with Gasteiger partial charge in [0.25, 0.3) is 0 Å². The summed E-state index contributed by atoms with van der Waals surface area (Å²) < 4.78 is 21.2. The van der Waals surface area contributed by atoms with Gasteiger partial charge in [-0.15, -0.1) is 0 Å². The first-order valence-corrected chi connectivity index (χ1v) is 8.68. The molecule has 0 aliphatic carbocycles. The van der Waals surface area contributed by atoms with E-state index in [-0.39, 0.29) is 11.7 Å². The molecule has 3 aromatic rings. The molecule has 0 aliphatic rings. The van der Waals surface area contributed by atoms with Gasteiger partial charge in [0.2, 0.25) is 5.89 Å². The largest absolute Gasteiger partial charge is 0.492 e. The summed E-state index contributed by atoms with van der Waals surface area (Å²) in [5.74, 6) is 1.65. The van der Waals surface area contributed by atoms with Gasteiger partial charge in [0, 0.05) is 30.2 Å². The summed E-state index contributed by atoms with van der Waals surface area (Å²) in [7, 11) is 1.58. The predicted octanol–water partition coefficient (Wildman–Crippen LogP) is 2.50. The lowest BCUT2D eigenvalue weighted by atomic mass is 10.1. The van der Waals surface area contributed by atoms with Crippen molar-refractivity contribution >= 4 is 11.0 Å². The first-order chi connectivity index (χ1) is 13.0. The van der Waals surface area contributed by atoms with Gasteiger partial charge in [-0.3, -0.25) is 0 Å². The van der Waals surface area contributed by atoms with Gasteiger partial charge in [0.1, 0.15) is 24.5 Å². The third kappa shape index (κ3) is 4.53. The number of aryl methyl sites for hydroxylation is 1. The first kappa shape index (κ1) is 19.1. The monoisotopic (exact) mass is 373 g/mol. The number of hydrogen-bond acceptors (Lipinski definition) is 8. The maximum Gasteiger partial charge on any atom is 0.339 e. The lowest BCUT2D eigenvalue weighted by Gasteiger charge is -2.14. The summed E-state index contributed by atoms with van der Waals surface area (Å²) in [6.45, 7) is 6.85. The Morgan fingerprint density at radius 3 is 2.85 bits per heavy atom. The molecule has 0 saturated carbocycles. The second-order valence-corrected chi connectivity index (χ2v) is 6.43. The van der Waals surface area contributed by atoms with Crippen molar-refractivity contribution in [2.45, 2.75) is 40.0 Å². The number of methoxy groups -OCH3 is 1. The molecule has 1 N–H and O–H groups in total. The Balaban J connectivity index is 1.57. The Kier molecular flexibility index (Phi) is 5.88. The fourth-order valence-corrected chi connectivity index (χ4v) is 2.61. The second kappa shape index (κ2) is 8.32. The van der Waals surface area contributed by atoms with Crippen molar-refractivity contribution in [3.05, 3.63) is 51.5 Å². The molecule has 1 unspecified atom stereocenters. The minimum absolute atomic E-state index is 0.0465. The fraction of sp³-hybridized carbons (Fsp3) is 0.421. The highest BCUT2D eigenvalue weighted by Gasteiger charge is 2.11. The van der Waals surface area contributed by atoms with E-state index < -0.39 is 0 Å². The Bertz CT molecular complexity index is 979. The molecule has 2 heterocycles. The Labute approximate surface area is 156 Å². The van der Waals surface area contributed by atoms with E-state index in [1.807, 2.05) is 26.0 Å². The van der Waals surface area contributed by atoms with E-state index in [1.165, 1.54) is 0 Å². The van der Waals surface area contributed by atoms with Crippen molar-refractivity contribution in [2.24, 2.45) is 0 Å². The molecule has 8 heteroatoms. The van der Waals surface area contributed by atoms with Crippen LogP contribution in [0.2, 0.25) is 0 Å². The van der Waals surface area contributed by atoms with Crippen LogP contribution >= 0.6 is 0 Å². The highest BCUT2D eigenvalue weighted by atomic mass is 16.5. The number of hydrogen-bond donors (Lipinski definition) is 1. The molecular weight excluding hydrogens is 350 g/mol. The minimum atomic E-state index is -0.320. The van der Waals surface area contributed by atoms with Crippen LogP contribution < -0.4 is 15.7 Å². The molecule has 0 aliphatic heterocycles. The molecule has 8 nitrogen and oxygen atoms in total. The lowest BCUT2D eigenvalue weighted by Crippen LogP contribution is -2.31. The van der Waals surface area contributed by atoms with E-state index in [0.29, 0.717) is 48.4 Å². The highest BCUT2D eigenvalue weighted by Crippen LogP contribution is 2.23. The number of nitrogens with one attached hydrogen (secondary N) is 1. The molecule has 2 aromatic heterocycles. The molecule has 0 bridgehead atoms. The van der Waals surface area contributed by atoms with E-state index in [0.717, 1.165) is 10.9 Å². The number of ether oxygens (including phenoxy) is 2. The van der Waals surface area contributed by atoms with Crippen LogP contribution in [0.1, 0.15) is 29.8 Å². The van der Waals surface area contributed by atoms with Gasteiger partial charge in [-0.25, -0.2) is 4.79 Å². The molecule has 0 fully saturated rings. The van der Waals surface area contributed by atoms with Crippen molar-refractivity contribution < 1.29 is 18.4 Å². The van der Waals surface area contributed by atoms with Crippen molar-refractivity contribution in [1.82, 2.24) is 15.5 Å². The Hall–Kier alpha value is -2.71. The van der Waals surface area contributed by atoms with Gasteiger partial charge in [0.15, 0.2) is 5.82 Å². The molecule has 1 aromatic carbocycles. The van der Waals surface area contributed by atoms with Crippen LogP contribution in [0.4, 0.5) is 0 Å². The summed E-state index contributed by atoms with van der Waals surface area (Å²) >= 11 is 0. The number of benzene rings is 1. The Morgan fingerprint density at radius 2 is 2.07 bits per heavy atom. The number of rotatable bonds is 8. The van der Waals surface area contributed by atoms with Gasteiger partial charge < -0.3 is 23.7 Å². The summed E-state index contributed by atoms with van der Waals surface area (Å²) in [6.07, 6.45) is 0. The maximum absolute atomic E-state index is 11.8. The molecular formula is C19H23N3O5. The van der Waals surface area contributed by atoms with Crippen LogP contribution in [0, 0.1) is 13.8 Å². The van der Waals surface area contributed by atoms with Crippen molar-refractivity contribution in [3.8, 4) is 5.75 Å². The average molecular weight is 373 g/mol. The average Bonchev–Trinajstić information content (AvgIpc) is 3.10.